The maximum absolute atomic E-state index is 13.3. The number of fused-ring (bicyclic) bond motifs is 1. The van der Waals surface area contributed by atoms with Gasteiger partial charge in [-0.1, -0.05) is 37.3 Å². The number of carboxylic acids is 1. The molecule has 3 rings (SSSR count). The Bertz CT molecular complexity index is 885. The van der Waals surface area contributed by atoms with E-state index < -0.39 is 5.97 Å². The minimum Gasteiger partial charge on any atom is -0.477 e. The van der Waals surface area contributed by atoms with Crippen LogP contribution < -0.4 is 0 Å². The number of carboxylic acid groups (broad SMARTS) is 1. The summed E-state index contributed by atoms with van der Waals surface area (Å²) in [6.07, 6.45) is 1.60. The molecule has 0 bridgehead atoms. The van der Waals surface area contributed by atoms with Gasteiger partial charge in [-0.25, -0.2) is 9.18 Å². The van der Waals surface area contributed by atoms with Gasteiger partial charge in [-0.2, -0.15) is 0 Å². The number of allylic oxidation sites excluding steroid dienone is 1. The fourth-order valence-corrected chi connectivity index (χ4v) is 3.21. The molecule has 1 atom stereocenters. The second kappa shape index (κ2) is 7.62. The van der Waals surface area contributed by atoms with Crippen molar-refractivity contribution in [2.24, 2.45) is 4.99 Å². The van der Waals surface area contributed by atoms with Crippen LogP contribution in [0.5, 0.6) is 0 Å². The Kier molecular flexibility index (Phi) is 5.28. The largest absolute Gasteiger partial charge is 0.477 e. The molecular weight excluding hydrogens is 333 g/mol. The zero-order valence-electron chi connectivity index (χ0n) is 14.7. The number of hydrogen-bond acceptors (Lipinski definition) is 3. The molecule has 0 radical (unpaired) electrons. The van der Waals surface area contributed by atoms with E-state index in [-0.39, 0.29) is 17.4 Å². The first-order valence-corrected chi connectivity index (χ1v) is 8.37. The zero-order valence-corrected chi connectivity index (χ0v) is 14.7. The minimum absolute atomic E-state index is 0.0227. The van der Waals surface area contributed by atoms with Crippen LogP contribution in [0.1, 0.15) is 35.1 Å². The molecule has 0 saturated heterocycles. The molecule has 1 aliphatic heterocycles. The third kappa shape index (κ3) is 3.58. The monoisotopic (exact) mass is 353 g/mol. The molecule has 134 valence electrons. The van der Waals surface area contributed by atoms with Crippen LogP contribution in [0, 0.1) is 5.82 Å². The molecule has 0 saturated carbocycles. The van der Waals surface area contributed by atoms with E-state index in [1.165, 1.54) is 19.2 Å². The Morgan fingerprint density at radius 1 is 1.23 bits per heavy atom. The topological polar surface area (TPSA) is 58.9 Å². The maximum Gasteiger partial charge on any atom is 0.354 e. The van der Waals surface area contributed by atoms with Crippen LogP contribution in [0.15, 0.2) is 53.5 Å². The van der Waals surface area contributed by atoms with Gasteiger partial charge in [-0.15, -0.1) is 0 Å². The molecular formula is C21H20FNO3. The second-order valence-corrected chi connectivity index (χ2v) is 6.22. The Hall–Kier alpha value is -2.79. The molecule has 1 aliphatic rings. The van der Waals surface area contributed by atoms with Crippen molar-refractivity contribution in [3.8, 4) is 0 Å². The van der Waals surface area contributed by atoms with Gasteiger partial charge in [0, 0.05) is 13.0 Å². The summed E-state index contributed by atoms with van der Waals surface area (Å²) in [7, 11) is 1.46. The number of benzene rings is 2. The highest BCUT2D eigenvalue weighted by Crippen LogP contribution is 2.37. The predicted octanol–water partition coefficient (Wildman–Crippen LogP) is 4.20. The second-order valence-electron chi connectivity index (χ2n) is 6.22. The van der Waals surface area contributed by atoms with E-state index in [1.807, 2.05) is 25.1 Å². The number of aliphatic imine (C=N–C) groups is 1. The zero-order chi connectivity index (χ0) is 18.7. The molecule has 0 aliphatic carbocycles. The Morgan fingerprint density at radius 3 is 2.62 bits per heavy atom. The predicted molar refractivity (Wildman–Crippen MR) is 98.7 cm³/mol. The summed E-state index contributed by atoms with van der Waals surface area (Å²) >= 11 is 0. The van der Waals surface area contributed by atoms with Crippen molar-refractivity contribution in [2.45, 2.75) is 26.1 Å². The van der Waals surface area contributed by atoms with Gasteiger partial charge in [0.15, 0.2) is 0 Å². The van der Waals surface area contributed by atoms with Crippen LogP contribution in [-0.2, 0) is 22.7 Å². The van der Waals surface area contributed by atoms with E-state index in [0.717, 1.165) is 27.8 Å². The molecule has 2 aromatic rings. The van der Waals surface area contributed by atoms with Crippen LogP contribution in [0.4, 0.5) is 4.39 Å². The van der Waals surface area contributed by atoms with Crippen molar-refractivity contribution in [3.05, 3.63) is 76.6 Å². The minimum atomic E-state index is -1.08. The lowest BCUT2D eigenvalue weighted by Gasteiger charge is -2.20. The average Bonchev–Trinajstić information content (AvgIpc) is 3.11. The van der Waals surface area contributed by atoms with Crippen LogP contribution >= 0.6 is 0 Å². The molecule has 1 N–H and O–H groups in total. The first kappa shape index (κ1) is 18.0. The van der Waals surface area contributed by atoms with Crippen LogP contribution in [0.2, 0.25) is 0 Å². The highest BCUT2D eigenvalue weighted by Gasteiger charge is 2.22. The molecule has 0 aromatic heterocycles. The fourth-order valence-electron chi connectivity index (χ4n) is 3.21. The first-order valence-electron chi connectivity index (χ1n) is 8.37. The van der Waals surface area contributed by atoms with Crippen LogP contribution in [-0.4, -0.2) is 23.8 Å². The average molecular weight is 353 g/mol. The summed E-state index contributed by atoms with van der Waals surface area (Å²) in [5.74, 6) is -1.53. The molecule has 0 fully saturated rings. The number of nitrogens with zero attached hydrogens (tertiary/aromatic N) is 1. The third-order valence-corrected chi connectivity index (χ3v) is 4.68. The van der Waals surface area contributed by atoms with Crippen molar-refractivity contribution in [1.82, 2.24) is 0 Å². The molecule has 1 unspecified atom stereocenters. The van der Waals surface area contributed by atoms with E-state index in [1.54, 1.807) is 18.2 Å². The number of ether oxygens (including phenoxy) is 1. The lowest BCUT2D eigenvalue weighted by molar-refractivity contribution is -0.129. The maximum atomic E-state index is 13.3. The Morgan fingerprint density at radius 2 is 1.96 bits per heavy atom. The SMILES string of the molecule is CN=C(/C=C(/c1cccc2c1COC2)C(C)c1ccc(F)cc1)C(=O)O. The molecule has 0 amide bonds. The number of halogens is 1. The van der Waals surface area contributed by atoms with Gasteiger partial charge in [0.25, 0.3) is 0 Å². The van der Waals surface area contributed by atoms with Crippen molar-refractivity contribution < 1.29 is 19.0 Å². The standard InChI is InChI=1S/C21H20FNO3/c1-13(14-6-8-16(22)9-7-14)18(10-20(23-2)21(24)25)17-5-3-4-15-11-26-12-19(15)17/h3-10,13H,11-12H2,1-2H3,(H,24,25)/b18-10+,23-20?. The van der Waals surface area contributed by atoms with E-state index >= 15 is 0 Å². The Balaban J connectivity index is 2.14. The summed E-state index contributed by atoms with van der Waals surface area (Å²) < 4.78 is 18.9. The summed E-state index contributed by atoms with van der Waals surface area (Å²) in [5.41, 5.74) is 4.81. The van der Waals surface area contributed by atoms with Crippen LogP contribution in [0.3, 0.4) is 0 Å². The van der Waals surface area contributed by atoms with Gasteiger partial charge in [-0.3, -0.25) is 4.99 Å². The quantitative estimate of drug-likeness (QED) is 0.820. The van der Waals surface area contributed by atoms with Gasteiger partial charge >= 0.3 is 5.97 Å². The van der Waals surface area contributed by atoms with Gasteiger partial charge in [0.1, 0.15) is 11.5 Å². The summed E-state index contributed by atoms with van der Waals surface area (Å²) in [6.45, 7) is 3.02. The lowest BCUT2D eigenvalue weighted by atomic mass is 9.84. The molecule has 26 heavy (non-hydrogen) atoms. The van der Waals surface area contributed by atoms with E-state index in [4.69, 9.17) is 4.74 Å². The number of aliphatic carboxylic acids is 1. The van der Waals surface area contributed by atoms with Crippen molar-refractivity contribution in [2.75, 3.05) is 7.05 Å². The van der Waals surface area contributed by atoms with Gasteiger partial charge in [0.2, 0.25) is 0 Å². The highest BCUT2D eigenvalue weighted by atomic mass is 19.1. The third-order valence-electron chi connectivity index (χ3n) is 4.68. The molecule has 1 heterocycles. The smallest absolute Gasteiger partial charge is 0.354 e. The van der Waals surface area contributed by atoms with Gasteiger partial charge < -0.3 is 9.84 Å². The van der Waals surface area contributed by atoms with Gasteiger partial charge in [-0.05, 0) is 46.0 Å². The van der Waals surface area contributed by atoms with E-state index in [2.05, 4.69) is 4.99 Å². The van der Waals surface area contributed by atoms with Crippen molar-refractivity contribution in [1.29, 1.82) is 0 Å². The molecule has 4 nitrogen and oxygen atoms in total. The lowest BCUT2D eigenvalue weighted by Crippen LogP contribution is -2.12. The van der Waals surface area contributed by atoms with Crippen molar-refractivity contribution in [3.63, 3.8) is 0 Å². The van der Waals surface area contributed by atoms with Crippen molar-refractivity contribution >= 4 is 17.3 Å². The van der Waals surface area contributed by atoms with Crippen LogP contribution in [0.25, 0.3) is 5.57 Å². The molecule has 5 heteroatoms. The summed E-state index contributed by atoms with van der Waals surface area (Å²) in [6, 6.07) is 12.2. The summed E-state index contributed by atoms with van der Waals surface area (Å²) in [4.78, 5) is 15.4. The summed E-state index contributed by atoms with van der Waals surface area (Å²) in [5, 5.41) is 9.40. The molecule has 2 aromatic carbocycles. The number of hydrogen-bond donors (Lipinski definition) is 1. The molecule has 0 spiro atoms. The number of carbonyl (C=O) groups is 1. The highest BCUT2D eigenvalue weighted by molar-refractivity contribution is 6.41. The normalized spacial score (nSPS) is 15.7. The van der Waals surface area contributed by atoms with E-state index in [0.29, 0.717) is 13.2 Å². The first-order chi connectivity index (χ1) is 12.5. The number of rotatable bonds is 5. The van der Waals surface area contributed by atoms with Gasteiger partial charge in [0.05, 0.1) is 13.2 Å². The fraction of sp³-hybridized carbons (Fsp3) is 0.238. The van der Waals surface area contributed by atoms with E-state index in [9.17, 15) is 14.3 Å². The Labute approximate surface area is 151 Å².